The summed E-state index contributed by atoms with van der Waals surface area (Å²) in [5, 5.41) is 10.2. The summed E-state index contributed by atoms with van der Waals surface area (Å²) in [7, 11) is 0. The highest BCUT2D eigenvalue weighted by atomic mass is 32.1. The standard InChI is InChI=1S/C57H39NS/c1-57(2)51-34-41-16-6-5-15-40(41)33-50(51)47-30-29-44(35-52(47)57)58(43-27-24-38(25-28-43)46-19-11-20-49-48-18-9-10-21-54(48)59-56(46)49)53-31-26-37-13-7-8-17-45(37)55(53)42-23-22-36-12-3-4-14-39(36)32-42/h3-35H,1-2H3. The van der Waals surface area contributed by atoms with Crippen LogP contribution in [0.15, 0.2) is 200 Å². The molecule has 0 radical (unpaired) electrons. The van der Waals surface area contributed by atoms with Gasteiger partial charge in [0.2, 0.25) is 0 Å². The van der Waals surface area contributed by atoms with Crippen molar-refractivity contribution >= 4 is 80.9 Å². The second-order valence-corrected chi connectivity index (χ2v) is 17.6. The van der Waals surface area contributed by atoms with E-state index in [1.165, 1.54) is 97.0 Å². The summed E-state index contributed by atoms with van der Waals surface area (Å²) in [5.74, 6) is 0. The molecule has 2 heteroatoms. The van der Waals surface area contributed by atoms with Crippen molar-refractivity contribution in [1.29, 1.82) is 0 Å². The number of benzene rings is 10. The summed E-state index contributed by atoms with van der Waals surface area (Å²) >= 11 is 1.88. The monoisotopic (exact) mass is 769 g/mol. The van der Waals surface area contributed by atoms with E-state index in [4.69, 9.17) is 0 Å². The molecule has 0 aliphatic heterocycles. The average Bonchev–Trinajstić information content (AvgIpc) is 3.77. The number of thiophene rings is 1. The lowest BCUT2D eigenvalue weighted by molar-refractivity contribution is 0.661. The maximum Gasteiger partial charge on any atom is 0.0546 e. The number of anilines is 3. The van der Waals surface area contributed by atoms with Crippen molar-refractivity contribution in [3.8, 4) is 33.4 Å². The summed E-state index contributed by atoms with van der Waals surface area (Å²) in [5.41, 5.74) is 13.6. The minimum atomic E-state index is -0.173. The molecule has 1 heterocycles. The van der Waals surface area contributed by atoms with Gasteiger partial charge in [0, 0.05) is 42.5 Å². The Morgan fingerprint density at radius 3 is 1.81 bits per heavy atom. The zero-order valence-electron chi connectivity index (χ0n) is 32.9. The predicted molar refractivity (Wildman–Crippen MR) is 255 cm³/mol. The molecule has 1 aliphatic rings. The molecule has 0 N–H and O–H groups in total. The minimum Gasteiger partial charge on any atom is -0.310 e. The van der Waals surface area contributed by atoms with Crippen molar-refractivity contribution < 1.29 is 0 Å². The molecule has 0 amide bonds. The summed E-state index contributed by atoms with van der Waals surface area (Å²) < 4.78 is 2.66. The Hall–Kier alpha value is -7.00. The predicted octanol–water partition coefficient (Wildman–Crippen LogP) is 16.6. The highest BCUT2D eigenvalue weighted by Crippen LogP contribution is 2.53. The van der Waals surface area contributed by atoms with Crippen molar-refractivity contribution in [3.63, 3.8) is 0 Å². The molecule has 12 rings (SSSR count). The van der Waals surface area contributed by atoms with Crippen LogP contribution >= 0.6 is 11.3 Å². The van der Waals surface area contributed by atoms with Gasteiger partial charge in [0.25, 0.3) is 0 Å². The molecule has 10 aromatic carbocycles. The molecule has 1 aliphatic carbocycles. The van der Waals surface area contributed by atoms with Crippen LogP contribution in [0.2, 0.25) is 0 Å². The van der Waals surface area contributed by atoms with Gasteiger partial charge in [-0.1, -0.05) is 159 Å². The van der Waals surface area contributed by atoms with Gasteiger partial charge >= 0.3 is 0 Å². The molecule has 278 valence electrons. The van der Waals surface area contributed by atoms with Crippen molar-refractivity contribution in [2.75, 3.05) is 4.90 Å². The molecule has 1 nitrogen and oxygen atoms in total. The zero-order valence-corrected chi connectivity index (χ0v) is 33.7. The van der Waals surface area contributed by atoms with E-state index in [1.807, 2.05) is 11.3 Å². The maximum absolute atomic E-state index is 2.50. The fraction of sp³-hybridized carbons (Fsp3) is 0.0526. The first-order valence-corrected chi connectivity index (χ1v) is 21.3. The van der Waals surface area contributed by atoms with Crippen molar-refractivity contribution in [2.45, 2.75) is 19.3 Å². The first kappa shape index (κ1) is 34.1. The normalized spacial score (nSPS) is 13.1. The third-order valence-corrected chi connectivity index (χ3v) is 14.0. The number of fused-ring (bicyclic) bond motifs is 9. The van der Waals surface area contributed by atoms with Crippen LogP contribution in [0.1, 0.15) is 25.0 Å². The highest BCUT2D eigenvalue weighted by molar-refractivity contribution is 7.26. The second-order valence-electron chi connectivity index (χ2n) is 16.5. The van der Waals surface area contributed by atoms with Gasteiger partial charge in [0.1, 0.15) is 0 Å². The van der Waals surface area contributed by atoms with Gasteiger partial charge in [-0.05, 0) is 126 Å². The Morgan fingerprint density at radius 1 is 0.390 bits per heavy atom. The smallest absolute Gasteiger partial charge is 0.0546 e. The molecular weight excluding hydrogens is 731 g/mol. The first-order valence-electron chi connectivity index (χ1n) is 20.5. The minimum absolute atomic E-state index is 0.173. The van der Waals surface area contributed by atoms with Gasteiger partial charge in [-0.15, -0.1) is 11.3 Å². The topological polar surface area (TPSA) is 3.24 Å². The molecule has 0 unspecified atom stereocenters. The van der Waals surface area contributed by atoms with Gasteiger partial charge in [-0.2, -0.15) is 0 Å². The third kappa shape index (κ3) is 5.30. The number of nitrogens with zero attached hydrogens (tertiary/aromatic N) is 1. The first-order chi connectivity index (χ1) is 29.0. The van der Waals surface area contributed by atoms with E-state index in [-0.39, 0.29) is 5.41 Å². The van der Waals surface area contributed by atoms with Crippen molar-refractivity contribution in [1.82, 2.24) is 0 Å². The van der Waals surface area contributed by atoms with Crippen LogP contribution in [-0.4, -0.2) is 0 Å². The summed E-state index contributed by atoms with van der Waals surface area (Å²) in [6.45, 7) is 4.78. The zero-order chi connectivity index (χ0) is 39.2. The Labute approximate surface area is 348 Å². The largest absolute Gasteiger partial charge is 0.310 e. The summed E-state index contributed by atoms with van der Waals surface area (Å²) in [6.07, 6.45) is 0. The van der Waals surface area contributed by atoms with Gasteiger partial charge in [-0.3, -0.25) is 0 Å². The second kappa shape index (κ2) is 13.0. The van der Waals surface area contributed by atoms with E-state index in [2.05, 4.69) is 219 Å². The Morgan fingerprint density at radius 2 is 1.00 bits per heavy atom. The van der Waals surface area contributed by atoms with E-state index in [1.54, 1.807) is 0 Å². The average molecular weight is 770 g/mol. The van der Waals surface area contributed by atoms with Gasteiger partial charge in [0.15, 0.2) is 0 Å². The van der Waals surface area contributed by atoms with Crippen LogP contribution in [0.25, 0.3) is 85.9 Å². The summed E-state index contributed by atoms with van der Waals surface area (Å²) in [6, 6.07) is 74.6. The van der Waals surface area contributed by atoms with Crippen molar-refractivity contribution in [2.24, 2.45) is 0 Å². The van der Waals surface area contributed by atoms with Crippen LogP contribution in [0.5, 0.6) is 0 Å². The molecule has 0 spiro atoms. The third-order valence-electron chi connectivity index (χ3n) is 12.8. The lowest BCUT2D eigenvalue weighted by Crippen LogP contribution is -2.17. The highest BCUT2D eigenvalue weighted by Gasteiger charge is 2.36. The van der Waals surface area contributed by atoms with Crippen LogP contribution in [0.3, 0.4) is 0 Å². The van der Waals surface area contributed by atoms with Crippen LogP contribution in [0.4, 0.5) is 17.1 Å². The van der Waals surface area contributed by atoms with Crippen LogP contribution in [0, 0.1) is 0 Å². The Balaban J connectivity index is 1.08. The van der Waals surface area contributed by atoms with Crippen molar-refractivity contribution in [3.05, 3.63) is 211 Å². The van der Waals surface area contributed by atoms with E-state index in [0.717, 1.165) is 17.1 Å². The van der Waals surface area contributed by atoms with E-state index in [0.29, 0.717) is 0 Å². The molecule has 1 aromatic heterocycles. The molecule has 59 heavy (non-hydrogen) atoms. The molecule has 0 bridgehead atoms. The SMILES string of the molecule is CC1(C)c2cc(N(c3ccc(-c4cccc5c4sc4ccccc45)cc3)c3ccc4ccccc4c3-c3ccc4ccccc4c3)ccc2-c2cc3ccccc3cc21. The quantitative estimate of drug-likeness (QED) is 0.169. The van der Waals surface area contributed by atoms with Gasteiger partial charge < -0.3 is 4.90 Å². The van der Waals surface area contributed by atoms with E-state index >= 15 is 0 Å². The maximum atomic E-state index is 2.50. The van der Waals surface area contributed by atoms with Crippen LogP contribution in [-0.2, 0) is 5.41 Å². The number of hydrogen-bond acceptors (Lipinski definition) is 2. The lowest BCUT2D eigenvalue weighted by Gasteiger charge is -2.30. The number of hydrogen-bond donors (Lipinski definition) is 0. The molecule has 0 saturated heterocycles. The van der Waals surface area contributed by atoms with E-state index < -0.39 is 0 Å². The molecule has 0 fully saturated rings. The molecule has 0 saturated carbocycles. The van der Waals surface area contributed by atoms with E-state index in [9.17, 15) is 0 Å². The summed E-state index contributed by atoms with van der Waals surface area (Å²) in [4.78, 5) is 2.50. The number of rotatable bonds is 5. The molecule has 0 atom stereocenters. The van der Waals surface area contributed by atoms with Gasteiger partial charge in [0.05, 0.1) is 5.69 Å². The fourth-order valence-corrected chi connectivity index (χ4v) is 11.1. The molecular formula is C57H39NS. The molecule has 11 aromatic rings. The lowest BCUT2D eigenvalue weighted by atomic mass is 9.81. The Bertz CT molecular complexity index is 3480. The van der Waals surface area contributed by atoms with Crippen LogP contribution < -0.4 is 4.90 Å². The fourth-order valence-electron chi connectivity index (χ4n) is 9.83. The Kier molecular flexibility index (Phi) is 7.51. The van der Waals surface area contributed by atoms with Gasteiger partial charge in [-0.25, -0.2) is 0 Å².